The van der Waals surface area contributed by atoms with E-state index < -0.39 is 0 Å². The molecule has 150 valence electrons. The van der Waals surface area contributed by atoms with E-state index in [-0.39, 0.29) is 24.0 Å². The van der Waals surface area contributed by atoms with Gasteiger partial charge in [-0.15, -0.1) is 24.0 Å². The van der Waals surface area contributed by atoms with Gasteiger partial charge < -0.3 is 20.3 Å². The second kappa shape index (κ2) is 16.1. The Hall–Kier alpha value is -0.120. The fourth-order valence-electron chi connectivity index (χ4n) is 3.10. The van der Waals surface area contributed by atoms with Crippen LogP contribution in [0.1, 0.15) is 39.5 Å². The van der Waals surface area contributed by atoms with Crippen molar-refractivity contribution >= 4 is 29.9 Å². The zero-order valence-electron chi connectivity index (χ0n) is 16.7. The Balaban J connectivity index is 0.00000576. The number of hydrogen-bond donors (Lipinski definition) is 2. The first-order chi connectivity index (χ1) is 11.7. The van der Waals surface area contributed by atoms with Gasteiger partial charge in [0, 0.05) is 45.9 Å². The van der Waals surface area contributed by atoms with Crippen LogP contribution in [-0.4, -0.2) is 88.4 Å². The van der Waals surface area contributed by atoms with Gasteiger partial charge in [0.1, 0.15) is 0 Å². The van der Waals surface area contributed by atoms with E-state index in [1.807, 2.05) is 0 Å². The lowest BCUT2D eigenvalue weighted by molar-refractivity contribution is 0.180. The Morgan fingerprint density at radius 1 is 1.20 bits per heavy atom. The molecule has 0 aromatic rings. The van der Waals surface area contributed by atoms with Crippen LogP contribution in [-0.2, 0) is 4.74 Å². The summed E-state index contributed by atoms with van der Waals surface area (Å²) in [6, 6.07) is 0.583. The SMILES string of the molecule is CCNC(=NCC(CC)N1CCCC1)NCCN(C)CCCOC.I. The molecule has 6 nitrogen and oxygen atoms in total. The van der Waals surface area contributed by atoms with Crippen LogP contribution in [0.5, 0.6) is 0 Å². The summed E-state index contributed by atoms with van der Waals surface area (Å²) >= 11 is 0. The Kier molecular flexibility index (Phi) is 16.0. The highest BCUT2D eigenvalue weighted by Gasteiger charge is 2.20. The van der Waals surface area contributed by atoms with E-state index in [4.69, 9.17) is 9.73 Å². The number of halogens is 1. The van der Waals surface area contributed by atoms with Crippen molar-refractivity contribution in [2.75, 3.05) is 66.6 Å². The third kappa shape index (κ3) is 11.2. The maximum atomic E-state index is 5.10. The second-order valence-corrected chi connectivity index (χ2v) is 6.60. The van der Waals surface area contributed by atoms with E-state index in [2.05, 4.69) is 41.3 Å². The average molecular weight is 469 g/mol. The average Bonchev–Trinajstić information content (AvgIpc) is 3.10. The summed E-state index contributed by atoms with van der Waals surface area (Å²) in [5, 5.41) is 6.82. The summed E-state index contributed by atoms with van der Waals surface area (Å²) in [7, 11) is 3.91. The summed E-state index contributed by atoms with van der Waals surface area (Å²) < 4.78 is 5.10. The number of nitrogens with zero attached hydrogens (tertiary/aromatic N) is 3. The van der Waals surface area contributed by atoms with Crippen molar-refractivity contribution in [3.8, 4) is 0 Å². The van der Waals surface area contributed by atoms with Crippen LogP contribution in [0.3, 0.4) is 0 Å². The maximum Gasteiger partial charge on any atom is 0.191 e. The summed E-state index contributed by atoms with van der Waals surface area (Å²) in [4.78, 5) is 9.74. The highest BCUT2D eigenvalue weighted by atomic mass is 127. The van der Waals surface area contributed by atoms with Crippen LogP contribution in [0.25, 0.3) is 0 Å². The zero-order valence-corrected chi connectivity index (χ0v) is 19.1. The smallest absolute Gasteiger partial charge is 0.191 e. The van der Waals surface area contributed by atoms with Crippen LogP contribution in [0, 0.1) is 0 Å². The van der Waals surface area contributed by atoms with Gasteiger partial charge in [-0.3, -0.25) is 9.89 Å². The van der Waals surface area contributed by atoms with E-state index in [9.17, 15) is 0 Å². The topological polar surface area (TPSA) is 52.1 Å². The fraction of sp³-hybridized carbons (Fsp3) is 0.944. The number of rotatable bonds is 12. The quantitative estimate of drug-likeness (QED) is 0.198. The minimum absolute atomic E-state index is 0. The molecule has 0 aromatic carbocycles. The summed E-state index contributed by atoms with van der Waals surface area (Å²) in [6.07, 6.45) is 4.93. The molecule has 1 rings (SSSR count). The first kappa shape index (κ1) is 24.9. The fourth-order valence-corrected chi connectivity index (χ4v) is 3.10. The Morgan fingerprint density at radius 3 is 2.52 bits per heavy atom. The van der Waals surface area contributed by atoms with Gasteiger partial charge in [0.05, 0.1) is 6.54 Å². The van der Waals surface area contributed by atoms with Crippen molar-refractivity contribution < 1.29 is 4.74 Å². The van der Waals surface area contributed by atoms with Gasteiger partial charge in [-0.05, 0) is 52.7 Å². The molecule has 0 aromatic heterocycles. The number of guanidine groups is 1. The van der Waals surface area contributed by atoms with Crippen LogP contribution in [0.2, 0.25) is 0 Å². The molecule has 1 heterocycles. The number of likely N-dealkylation sites (N-methyl/N-ethyl adjacent to an activating group) is 1. The third-order valence-electron chi connectivity index (χ3n) is 4.61. The first-order valence-electron chi connectivity index (χ1n) is 9.64. The molecule has 0 amide bonds. The van der Waals surface area contributed by atoms with Crippen LogP contribution < -0.4 is 10.6 Å². The molecule has 0 spiro atoms. The number of nitrogens with one attached hydrogen (secondary N) is 2. The van der Waals surface area contributed by atoms with Gasteiger partial charge in [-0.25, -0.2) is 0 Å². The highest BCUT2D eigenvalue weighted by Crippen LogP contribution is 2.14. The lowest BCUT2D eigenvalue weighted by Crippen LogP contribution is -2.42. The summed E-state index contributed by atoms with van der Waals surface area (Å²) in [6.45, 7) is 12.5. The van der Waals surface area contributed by atoms with Gasteiger partial charge in [-0.1, -0.05) is 6.92 Å². The third-order valence-corrected chi connectivity index (χ3v) is 4.61. The Bertz CT molecular complexity index is 337. The minimum atomic E-state index is 0. The predicted molar refractivity (Wildman–Crippen MR) is 118 cm³/mol. The normalized spacial score (nSPS) is 16.8. The predicted octanol–water partition coefficient (Wildman–Crippen LogP) is 2.00. The van der Waals surface area contributed by atoms with Gasteiger partial charge in [0.25, 0.3) is 0 Å². The van der Waals surface area contributed by atoms with Crippen molar-refractivity contribution in [2.45, 2.75) is 45.6 Å². The molecule has 25 heavy (non-hydrogen) atoms. The molecule has 1 fully saturated rings. The van der Waals surface area contributed by atoms with Crippen molar-refractivity contribution in [1.82, 2.24) is 20.4 Å². The Labute approximate surface area is 172 Å². The number of aliphatic imine (C=N–C) groups is 1. The summed E-state index contributed by atoms with van der Waals surface area (Å²) in [5.41, 5.74) is 0. The van der Waals surface area contributed by atoms with E-state index in [1.54, 1.807) is 7.11 Å². The van der Waals surface area contributed by atoms with Gasteiger partial charge in [0.2, 0.25) is 0 Å². The van der Waals surface area contributed by atoms with Crippen LogP contribution in [0.15, 0.2) is 4.99 Å². The van der Waals surface area contributed by atoms with Crippen LogP contribution in [0.4, 0.5) is 0 Å². The molecule has 0 saturated carbocycles. The molecule has 0 bridgehead atoms. The molecular formula is C18H40IN5O. The van der Waals surface area contributed by atoms with Gasteiger partial charge in [-0.2, -0.15) is 0 Å². The molecule has 1 aliphatic heterocycles. The lowest BCUT2D eigenvalue weighted by atomic mass is 10.2. The highest BCUT2D eigenvalue weighted by molar-refractivity contribution is 14.0. The van der Waals surface area contributed by atoms with E-state index in [0.29, 0.717) is 6.04 Å². The van der Waals surface area contributed by atoms with Crippen molar-refractivity contribution in [2.24, 2.45) is 4.99 Å². The molecule has 2 N–H and O–H groups in total. The van der Waals surface area contributed by atoms with E-state index >= 15 is 0 Å². The number of hydrogen-bond acceptors (Lipinski definition) is 4. The Morgan fingerprint density at radius 2 is 1.92 bits per heavy atom. The molecule has 1 aliphatic rings. The number of ether oxygens (including phenoxy) is 1. The number of likely N-dealkylation sites (tertiary alicyclic amines) is 1. The van der Waals surface area contributed by atoms with E-state index in [1.165, 1.54) is 32.4 Å². The number of methoxy groups -OCH3 is 1. The molecule has 1 unspecified atom stereocenters. The molecular weight excluding hydrogens is 429 g/mol. The van der Waals surface area contributed by atoms with Crippen molar-refractivity contribution in [1.29, 1.82) is 0 Å². The molecule has 7 heteroatoms. The van der Waals surface area contributed by atoms with Crippen molar-refractivity contribution in [3.63, 3.8) is 0 Å². The van der Waals surface area contributed by atoms with Crippen LogP contribution >= 0.6 is 24.0 Å². The standard InChI is InChI=1S/C18H39N5O.HI/c1-5-17(23-12-7-8-13-23)16-21-18(19-6-2)20-10-14-22(3)11-9-15-24-4;/h17H,5-16H2,1-4H3,(H2,19,20,21);1H. The first-order valence-corrected chi connectivity index (χ1v) is 9.64. The lowest BCUT2D eigenvalue weighted by Gasteiger charge is -2.25. The van der Waals surface area contributed by atoms with Gasteiger partial charge in [0.15, 0.2) is 5.96 Å². The summed E-state index contributed by atoms with van der Waals surface area (Å²) in [5.74, 6) is 0.945. The monoisotopic (exact) mass is 469 g/mol. The van der Waals surface area contributed by atoms with Crippen molar-refractivity contribution in [3.05, 3.63) is 0 Å². The molecule has 0 aliphatic carbocycles. The minimum Gasteiger partial charge on any atom is -0.385 e. The maximum absolute atomic E-state index is 5.10. The molecule has 1 atom stereocenters. The van der Waals surface area contributed by atoms with E-state index in [0.717, 1.165) is 51.7 Å². The van der Waals surface area contributed by atoms with Gasteiger partial charge >= 0.3 is 0 Å². The largest absolute Gasteiger partial charge is 0.385 e. The molecule has 0 radical (unpaired) electrons. The molecule has 1 saturated heterocycles. The second-order valence-electron chi connectivity index (χ2n) is 6.60. The zero-order chi connectivity index (χ0) is 17.6.